The molecule has 0 saturated carbocycles. The van der Waals surface area contributed by atoms with E-state index in [0.29, 0.717) is 12.4 Å². The quantitative estimate of drug-likeness (QED) is 0.427. The summed E-state index contributed by atoms with van der Waals surface area (Å²) in [5, 5.41) is 2.85. The van der Waals surface area contributed by atoms with Crippen molar-refractivity contribution in [3.05, 3.63) is 89.1 Å². The first-order chi connectivity index (χ1) is 15.7. The highest BCUT2D eigenvalue weighted by Gasteiger charge is 2.30. The minimum Gasteiger partial charge on any atom is -0.447 e. The van der Waals surface area contributed by atoms with E-state index in [-0.39, 0.29) is 30.2 Å². The average molecular weight is 460 g/mol. The van der Waals surface area contributed by atoms with Gasteiger partial charge in [-0.3, -0.25) is 9.69 Å². The molecule has 0 aliphatic carbocycles. The molecule has 5 nitrogen and oxygen atoms in total. The maximum Gasteiger partial charge on any atom is 0.416 e. The second kappa shape index (κ2) is 10.7. The van der Waals surface area contributed by atoms with Gasteiger partial charge in [0.05, 0.1) is 12.1 Å². The van der Waals surface area contributed by atoms with Crippen molar-refractivity contribution in [1.82, 2.24) is 15.2 Å². The number of rotatable bonds is 9. The van der Waals surface area contributed by atoms with Crippen molar-refractivity contribution < 1.29 is 22.4 Å². The first-order valence-electron chi connectivity index (χ1n) is 10.9. The van der Waals surface area contributed by atoms with Crippen LogP contribution in [0.3, 0.4) is 0 Å². The van der Waals surface area contributed by atoms with Gasteiger partial charge >= 0.3 is 6.18 Å². The maximum absolute atomic E-state index is 12.9. The molecule has 3 aromatic rings. The zero-order valence-electron chi connectivity index (χ0n) is 18.9. The molecule has 176 valence electrons. The van der Waals surface area contributed by atoms with E-state index in [2.05, 4.69) is 10.3 Å². The first kappa shape index (κ1) is 24.5. The Morgan fingerprint density at radius 2 is 1.73 bits per heavy atom. The minimum absolute atomic E-state index is 0.0203. The number of alkyl halides is 3. The first-order valence-corrected chi connectivity index (χ1v) is 10.9. The Kier molecular flexibility index (Phi) is 7.92. The van der Waals surface area contributed by atoms with Crippen LogP contribution in [0.25, 0.3) is 0 Å². The van der Waals surface area contributed by atoms with E-state index in [1.54, 1.807) is 0 Å². The predicted octanol–water partition coefficient (Wildman–Crippen LogP) is 5.99. The van der Waals surface area contributed by atoms with Crippen LogP contribution in [-0.2, 0) is 19.3 Å². The molecular weight excluding hydrogens is 431 g/mol. The SMILES string of the molecule is CC[C@H](C)NC(=O)c1coc(CN(Cc2ccc(C(F)(F)F)cc2)[C@@H](C)c2ccccc2)n1. The van der Waals surface area contributed by atoms with Gasteiger partial charge < -0.3 is 9.73 Å². The average Bonchev–Trinajstić information content (AvgIpc) is 3.27. The molecule has 33 heavy (non-hydrogen) atoms. The fraction of sp³-hybridized carbons (Fsp3) is 0.360. The lowest BCUT2D eigenvalue weighted by Crippen LogP contribution is -2.32. The molecule has 0 aliphatic heterocycles. The number of amides is 1. The number of hydrogen-bond donors (Lipinski definition) is 1. The molecule has 0 fully saturated rings. The van der Waals surface area contributed by atoms with E-state index < -0.39 is 11.7 Å². The van der Waals surface area contributed by atoms with Gasteiger partial charge in [-0.2, -0.15) is 13.2 Å². The topological polar surface area (TPSA) is 58.4 Å². The molecule has 2 aromatic carbocycles. The van der Waals surface area contributed by atoms with Crippen LogP contribution in [-0.4, -0.2) is 21.8 Å². The van der Waals surface area contributed by atoms with E-state index in [4.69, 9.17) is 4.42 Å². The molecule has 8 heteroatoms. The number of nitrogens with one attached hydrogen (secondary N) is 1. The van der Waals surface area contributed by atoms with Gasteiger partial charge in [-0.05, 0) is 43.5 Å². The lowest BCUT2D eigenvalue weighted by molar-refractivity contribution is -0.137. The normalized spacial score (nSPS) is 13.7. The molecule has 0 unspecified atom stereocenters. The molecule has 0 saturated heterocycles. The number of hydrogen-bond acceptors (Lipinski definition) is 4. The van der Waals surface area contributed by atoms with Crippen LogP contribution >= 0.6 is 0 Å². The molecule has 1 heterocycles. The summed E-state index contributed by atoms with van der Waals surface area (Å²) in [6, 6.07) is 14.9. The molecule has 1 amide bonds. The second-order valence-corrected chi connectivity index (χ2v) is 8.10. The van der Waals surface area contributed by atoms with Crippen molar-refractivity contribution in [3.63, 3.8) is 0 Å². The molecule has 0 radical (unpaired) electrons. The summed E-state index contributed by atoms with van der Waals surface area (Å²) >= 11 is 0. The predicted molar refractivity (Wildman–Crippen MR) is 119 cm³/mol. The molecule has 2 atom stereocenters. The van der Waals surface area contributed by atoms with E-state index in [1.807, 2.05) is 56.0 Å². The summed E-state index contributed by atoms with van der Waals surface area (Å²) in [5.41, 5.74) is 1.29. The lowest BCUT2D eigenvalue weighted by atomic mass is 10.1. The highest BCUT2D eigenvalue weighted by molar-refractivity contribution is 5.92. The third-order valence-electron chi connectivity index (χ3n) is 5.61. The van der Waals surface area contributed by atoms with E-state index in [9.17, 15) is 18.0 Å². The van der Waals surface area contributed by atoms with E-state index >= 15 is 0 Å². The molecule has 1 N–H and O–H groups in total. The zero-order chi connectivity index (χ0) is 24.0. The number of halogens is 3. The van der Waals surface area contributed by atoms with Crippen molar-refractivity contribution in [3.8, 4) is 0 Å². The Balaban J connectivity index is 1.80. The highest BCUT2D eigenvalue weighted by atomic mass is 19.4. The Bertz CT molecular complexity index is 1030. The molecule has 3 rings (SSSR count). The van der Waals surface area contributed by atoms with Crippen LogP contribution in [0.2, 0.25) is 0 Å². The van der Waals surface area contributed by atoms with Gasteiger partial charge in [0.2, 0.25) is 5.89 Å². The van der Waals surface area contributed by atoms with Crippen LogP contribution in [0.15, 0.2) is 65.3 Å². The summed E-state index contributed by atoms with van der Waals surface area (Å²) in [6.07, 6.45) is -2.25. The van der Waals surface area contributed by atoms with Crippen LogP contribution in [0.4, 0.5) is 13.2 Å². The summed E-state index contributed by atoms with van der Waals surface area (Å²) in [5.74, 6) is 0.0590. The summed E-state index contributed by atoms with van der Waals surface area (Å²) in [6.45, 7) is 6.56. The van der Waals surface area contributed by atoms with E-state index in [0.717, 1.165) is 29.7 Å². The Morgan fingerprint density at radius 3 is 2.33 bits per heavy atom. The fourth-order valence-electron chi connectivity index (χ4n) is 3.37. The smallest absolute Gasteiger partial charge is 0.416 e. The lowest BCUT2D eigenvalue weighted by Gasteiger charge is -2.28. The third-order valence-corrected chi connectivity index (χ3v) is 5.61. The Hall–Kier alpha value is -3.13. The van der Waals surface area contributed by atoms with Gasteiger partial charge in [0.15, 0.2) is 5.69 Å². The molecular formula is C25H28F3N3O2. The van der Waals surface area contributed by atoms with Gasteiger partial charge in [-0.1, -0.05) is 49.4 Å². The van der Waals surface area contributed by atoms with Crippen molar-refractivity contribution in [1.29, 1.82) is 0 Å². The monoisotopic (exact) mass is 459 g/mol. The third kappa shape index (κ3) is 6.68. The highest BCUT2D eigenvalue weighted by Crippen LogP contribution is 2.30. The Morgan fingerprint density at radius 1 is 1.06 bits per heavy atom. The second-order valence-electron chi connectivity index (χ2n) is 8.10. The van der Waals surface area contributed by atoms with Gasteiger partial charge in [0.1, 0.15) is 6.26 Å². The molecule has 0 aliphatic rings. The molecule has 0 spiro atoms. The largest absolute Gasteiger partial charge is 0.447 e. The zero-order valence-corrected chi connectivity index (χ0v) is 18.9. The number of carbonyl (C=O) groups is 1. The summed E-state index contributed by atoms with van der Waals surface area (Å²) in [7, 11) is 0. The standard InChI is InChI=1S/C25H28F3N3O2/c1-4-17(2)29-24(32)22-16-33-23(30-22)15-31(18(3)20-8-6-5-7-9-20)14-19-10-12-21(13-11-19)25(26,27)28/h5-13,16-18H,4,14-15H2,1-3H3,(H,29,32)/t17-,18-/m0/s1. The number of oxazole rings is 1. The fourth-order valence-corrected chi connectivity index (χ4v) is 3.37. The van der Waals surface area contributed by atoms with Crippen molar-refractivity contribution >= 4 is 5.91 Å². The van der Waals surface area contributed by atoms with Gasteiger partial charge in [0, 0.05) is 18.6 Å². The van der Waals surface area contributed by atoms with Crippen LogP contribution < -0.4 is 5.32 Å². The van der Waals surface area contributed by atoms with Crippen LogP contribution in [0, 0.1) is 0 Å². The van der Waals surface area contributed by atoms with E-state index in [1.165, 1.54) is 18.4 Å². The van der Waals surface area contributed by atoms with Gasteiger partial charge in [0.25, 0.3) is 5.91 Å². The van der Waals surface area contributed by atoms with Crippen LogP contribution in [0.5, 0.6) is 0 Å². The van der Waals surface area contributed by atoms with Crippen molar-refractivity contribution in [2.45, 2.75) is 58.5 Å². The number of benzene rings is 2. The Labute approximate surface area is 191 Å². The maximum atomic E-state index is 12.9. The molecule has 0 bridgehead atoms. The number of carbonyl (C=O) groups excluding carboxylic acids is 1. The number of aromatic nitrogens is 1. The summed E-state index contributed by atoms with van der Waals surface area (Å²) in [4.78, 5) is 18.7. The number of nitrogens with zero attached hydrogens (tertiary/aromatic N) is 2. The van der Waals surface area contributed by atoms with Crippen LogP contribution in [0.1, 0.15) is 66.3 Å². The van der Waals surface area contributed by atoms with Gasteiger partial charge in [-0.25, -0.2) is 4.98 Å². The van der Waals surface area contributed by atoms with Crippen molar-refractivity contribution in [2.75, 3.05) is 0 Å². The summed E-state index contributed by atoms with van der Waals surface area (Å²) < 4.78 is 44.3. The van der Waals surface area contributed by atoms with Gasteiger partial charge in [-0.15, -0.1) is 0 Å². The minimum atomic E-state index is -4.38. The van der Waals surface area contributed by atoms with Crippen molar-refractivity contribution in [2.24, 2.45) is 0 Å². The molecule has 1 aromatic heterocycles.